The third kappa shape index (κ3) is 6.23. The molecule has 4 rings (SSSR count). The van der Waals surface area contributed by atoms with Crippen molar-refractivity contribution in [1.82, 2.24) is 15.2 Å². The highest BCUT2D eigenvalue weighted by Crippen LogP contribution is 2.32. The molecule has 2 N–H and O–H groups in total. The molecule has 190 valence electrons. The number of hydrogen-bond donors (Lipinski definition) is 2. The number of oxazole rings is 1. The molecule has 9 nitrogen and oxygen atoms in total. The summed E-state index contributed by atoms with van der Waals surface area (Å²) in [7, 11) is 1.52. The lowest BCUT2D eigenvalue weighted by molar-refractivity contribution is -0.137. The Bertz CT molecular complexity index is 1180. The molecule has 36 heavy (non-hydrogen) atoms. The first-order chi connectivity index (χ1) is 17.2. The van der Waals surface area contributed by atoms with Gasteiger partial charge in [-0.05, 0) is 45.0 Å². The summed E-state index contributed by atoms with van der Waals surface area (Å²) in [5.74, 6) is -0.378. The van der Waals surface area contributed by atoms with Crippen LogP contribution in [0.25, 0.3) is 11.3 Å². The van der Waals surface area contributed by atoms with Gasteiger partial charge in [-0.1, -0.05) is 17.7 Å². The molecule has 0 aliphatic carbocycles. The normalized spacial score (nSPS) is 14.4. The standard InChI is InChI=1S/C27H33N5O4/c1-19-5-8-21(9-6-19)32-13-11-31(12-14-32)17-27(2,3)30-26(34)25(33)29-20-7-10-22(23(15-20)35-4)24-16-28-18-36-24/h5-10,15-16,18H,11-14,17H2,1-4H3,(H,29,33)(H,30,34). The SMILES string of the molecule is COc1cc(NC(=O)C(=O)NC(C)(C)CN2CCN(c3ccc(C)cc3)CC2)ccc1-c1cnco1. The fourth-order valence-corrected chi connectivity index (χ4v) is 4.39. The number of ether oxygens (including phenoxy) is 1. The van der Waals surface area contributed by atoms with Crippen molar-refractivity contribution in [2.45, 2.75) is 26.3 Å². The maximum Gasteiger partial charge on any atom is 0.313 e. The number of amides is 2. The summed E-state index contributed by atoms with van der Waals surface area (Å²) in [4.78, 5) is 33.9. The Balaban J connectivity index is 1.29. The smallest absolute Gasteiger partial charge is 0.313 e. The molecule has 1 fully saturated rings. The summed E-state index contributed by atoms with van der Waals surface area (Å²) in [6, 6.07) is 13.6. The monoisotopic (exact) mass is 491 g/mol. The highest BCUT2D eigenvalue weighted by molar-refractivity contribution is 6.39. The molecule has 0 bridgehead atoms. The zero-order valence-electron chi connectivity index (χ0n) is 21.2. The zero-order valence-corrected chi connectivity index (χ0v) is 21.2. The predicted molar refractivity (Wildman–Crippen MR) is 139 cm³/mol. The van der Waals surface area contributed by atoms with E-state index in [1.165, 1.54) is 24.8 Å². The van der Waals surface area contributed by atoms with E-state index in [0.717, 1.165) is 26.2 Å². The van der Waals surface area contributed by atoms with E-state index in [1.807, 2.05) is 13.8 Å². The van der Waals surface area contributed by atoms with Crippen LogP contribution in [0.5, 0.6) is 5.75 Å². The number of nitrogens with one attached hydrogen (secondary N) is 2. The van der Waals surface area contributed by atoms with Gasteiger partial charge in [-0.25, -0.2) is 4.98 Å². The first-order valence-electron chi connectivity index (χ1n) is 12.0. The van der Waals surface area contributed by atoms with Gasteiger partial charge in [-0.15, -0.1) is 0 Å². The molecule has 0 spiro atoms. The Morgan fingerprint density at radius 2 is 1.78 bits per heavy atom. The third-order valence-corrected chi connectivity index (χ3v) is 6.21. The van der Waals surface area contributed by atoms with Gasteiger partial charge in [0.05, 0.1) is 18.9 Å². The minimum absolute atomic E-state index is 0.445. The van der Waals surface area contributed by atoms with Crippen molar-refractivity contribution < 1.29 is 18.7 Å². The second kappa shape index (κ2) is 10.8. The lowest BCUT2D eigenvalue weighted by Crippen LogP contribution is -2.57. The number of anilines is 2. The number of benzene rings is 2. The maximum absolute atomic E-state index is 12.7. The molecule has 1 aromatic heterocycles. The topological polar surface area (TPSA) is 99.9 Å². The Hall–Kier alpha value is -3.85. The Labute approximate surface area is 211 Å². The number of piperazine rings is 1. The largest absolute Gasteiger partial charge is 0.496 e. The number of carbonyl (C=O) groups is 2. The second-order valence-corrected chi connectivity index (χ2v) is 9.67. The molecule has 0 unspecified atom stereocenters. The van der Waals surface area contributed by atoms with Crippen LogP contribution in [0, 0.1) is 6.92 Å². The van der Waals surface area contributed by atoms with Crippen molar-refractivity contribution in [1.29, 1.82) is 0 Å². The molecular formula is C27H33N5O4. The Kier molecular flexibility index (Phi) is 7.59. The summed E-state index contributed by atoms with van der Waals surface area (Å²) in [5, 5.41) is 5.52. The highest BCUT2D eigenvalue weighted by atomic mass is 16.5. The van der Waals surface area contributed by atoms with Crippen LogP contribution in [0.1, 0.15) is 19.4 Å². The fourth-order valence-electron chi connectivity index (χ4n) is 4.39. The highest BCUT2D eigenvalue weighted by Gasteiger charge is 2.29. The van der Waals surface area contributed by atoms with Gasteiger partial charge in [0.1, 0.15) is 5.75 Å². The van der Waals surface area contributed by atoms with Crippen LogP contribution in [-0.4, -0.2) is 67.1 Å². The van der Waals surface area contributed by atoms with Crippen molar-refractivity contribution in [2.24, 2.45) is 0 Å². The third-order valence-electron chi connectivity index (χ3n) is 6.21. The van der Waals surface area contributed by atoms with Crippen LogP contribution in [0.15, 0.2) is 59.5 Å². The molecule has 2 amide bonds. The van der Waals surface area contributed by atoms with Gasteiger partial charge in [0.2, 0.25) is 0 Å². The van der Waals surface area contributed by atoms with Gasteiger partial charge < -0.3 is 24.7 Å². The molecule has 2 aromatic carbocycles. The van der Waals surface area contributed by atoms with E-state index in [-0.39, 0.29) is 0 Å². The number of methoxy groups -OCH3 is 1. The molecular weight excluding hydrogens is 458 g/mol. The summed E-state index contributed by atoms with van der Waals surface area (Å²) in [5.41, 5.74) is 3.05. The van der Waals surface area contributed by atoms with Crippen molar-refractivity contribution in [3.8, 4) is 17.1 Å². The molecule has 2 heterocycles. The minimum atomic E-state index is -0.735. The van der Waals surface area contributed by atoms with E-state index >= 15 is 0 Å². The van der Waals surface area contributed by atoms with Crippen LogP contribution >= 0.6 is 0 Å². The minimum Gasteiger partial charge on any atom is -0.496 e. The lowest BCUT2D eigenvalue weighted by atomic mass is 10.0. The van der Waals surface area contributed by atoms with Crippen LogP contribution in [-0.2, 0) is 9.59 Å². The molecule has 0 saturated carbocycles. The molecule has 9 heteroatoms. The number of hydrogen-bond acceptors (Lipinski definition) is 7. The van der Waals surface area contributed by atoms with E-state index in [4.69, 9.17) is 9.15 Å². The maximum atomic E-state index is 12.7. The van der Waals surface area contributed by atoms with Gasteiger partial charge in [0.15, 0.2) is 12.2 Å². The summed E-state index contributed by atoms with van der Waals surface area (Å²) in [6.45, 7) is 10.2. The second-order valence-electron chi connectivity index (χ2n) is 9.67. The quantitative estimate of drug-likeness (QED) is 0.489. The van der Waals surface area contributed by atoms with Crippen LogP contribution in [0.2, 0.25) is 0 Å². The van der Waals surface area contributed by atoms with E-state index in [1.54, 1.807) is 24.4 Å². The molecule has 1 saturated heterocycles. The van der Waals surface area contributed by atoms with Crippen molar-refractivity contribution in [2.75, 3.05) is 50.1 Å². The summed E-state index contributed by atoms with van der Waals surface area (Å²) < 4.78 is 10.7. The van der Waals surface area contributed by atoms with Gasteiger partial charge in [0.25, 0.3) is 0 Å². The van der Waals surface area contributed by atoms with Gasteiger partial charge in [-0.3, -0.25) is 14.5 Å². The number of aromatic nitrogens is 1. The Morgan fingerprint density at radius 1 is 1.06 bits per heavy atom. The van der Waals surface area contributed by atoms with E-state index in [2.05, 4.69) is 56.6 Å². The van der Waals surface area contributed by atoms with Gasteiger partial charge in [-0.2, -0.15) is 0 Å². The first kappa shape index (κ1) is 25.2. The van der Waals surface area contributed by atoms with E-state index in [9.17, 15) is 9.59 Å². The number of aryl methyl sites for hydroxylation is 1. The number of nitrogens with zero attached hydrogens (tertiary/aromatic N) is 3. The zero-order chi connectivity index (χ0) is 25.7. The summed E-state index contributed by atoms with van der Waals surface area (Å²) >= 11 is 0. The van der Waals surface area contributed by atoms with E-state index < -0.39 is 17.4 Å². The molecule has 3 aromatic rings. The van der Waals surface area contributed by atoms with Crippen LogP contribution < -0.4 is 20.3 Å². The van der Waals surface area contributed by atoms with Crippen molar-refractivity contribution in [3.63, 3.8) is 0 Å². The number of carbonyl (C=O) groups excluding carboxylic acids is 2. The van der Waals surface area contributed by atoms with E-state index in [0.29, 0.717) is 29.3 Å². The molecule has 0 atom stereocenters. The summed E-state index contributed by atoms with van der Waals surface area (Å²) in [6.07, 6.45) is 2.91. The fraction of sp³-hybridized carbons (Fsp3) is 0.370. The average molecular weight is 492 g/mol. The molecule has 1 aliphatic heterocycles. The van der Waals surface area contributed by atoms with Gasteiger partial charge >= 0.3 is 11.8 Å². The van der Waals surface area contributed by atoms with Crippen molar-refractivity contribution in [3.05, 3.63) is 60.6 Å². The average Bonchev–Trinajstić information content (AvgIpc) is 3.39. The number of rotatable bonds is 7. The van der Waals surface area contributed by atoms with Gasteiger partial charge in [0, 0.05) is 55.7 Å². The van der Waals surface area contributed by atoms with Crippen LogP contribution in [0.3, 0.4) is 0 Å². The molecule has 1 aliphatic rings. The first-order valence-corrected chi connectivity index (χ1v) is 12.0. The Morgan fingerprint density at radius 3 is 2.42 bits per heavy atom. The lowest BCUT2D eigenvalue weighted by Gasteiger charge is -2.40. The van der Waals surface area contributed by atoms with Crippen molar-refractivity contribution >= 4 is 23.2 Å². The predicted octanol–water partition coefficient (Wildman–Crippen LogP) is 3.31. The molecule has 0 radical (unpaired) electrons. The van der Waals surface area contributed by atoms with Crippen LogP contribution in [0.4, 0.5) is 11.4 Å².